The number of hydrogen-bond donors (Lipinski definition) is 1. The van der Waals surface area contributed by atoms with Crippen LogP contribution in [0.25, 0.3) is 11.0 Å². The molecule has 0 aliphatic carbocycles. The molecule has 0 unspecified atom stereocenters. The second-order valence-electron chi connectivity index (χ2n) is 3.98. The predicted molar refractivity (Wildman–Crippen MR) is 63.2 cm³/mol. The number of fused-ring (bicyclic) bond motifs is 1. The Balaban J connectivity index is 2.72. The van der Waals surface area contributed by atoms with E-state index >= 15 is 0 Å². The average Bonchev–Trinajstić information content (AvgIpc) is 2.58. The maximum Gasteiger partial charge on any atom is 0.137 e. The standard InChI is InChI=1S/C12H14ClNO/c1-7(2)11-5-9(13)3-8-4-10(6-14)15-12(8)11/h3-5,7H,6,14H2,1-2H3. The summed E-state index contributed by atoms with van der Waals surface area (Å²) in [6.07, 6.45) is 0. The lowest BCUT2D eigenvalue weighted by Gasteiger charge is -2.06. The van der Waals surface area contributed by atoms with Crippen molar-refractivity contribution in [1.82, 2.24) is 0 Å². The molecule has 1 aromatic heterocycles. The SMILES string of the molecule is CC(C)c1cc(Cl)cc2cc(CN)oc12. The normalized spacial score (nSPS) is 11.5. The third-order valence-electron chi connectivity index (χ3n) is 2.48. The Morgan fingerprint density at radius 1 is 1.33 bits per heavy atom. The van der Waals surface area contributed by atoms with Crippen molar-refractivity contribution in [1.29, 1.82) is 0 Å². The Morgan fingerprint density at radius 3 is 2.67 bits per heavy atom. The van der Waals surface area contributed by atoms with E-state index < -0.39 is 0 Å². The van der Waals surface area contributed by atoms with E-state index in [2.05, 4.69) is 13.8 Å². The Kier molecular flexibility index (Phi) is 2.72. The molecule has 2 rings (SSSR count). The molecular formula is C12H14ClNO. The minimum absolute atomic E-state index is 0.392. The van der Waals surface area contributed by atoms with Crippen molar-refractivity contribution in [2.24, 2.45) is 5.73 Å². The molecule has 0 spiro atoms. The first-order valence-corrected chi connectivity index (χ1v) is 5.41. The lowest BCUT2D eigenvalue weighted by molar-refractivity contribution is 0.547. The number of hydrogen-bond acceptors (Lipinski definition) is 2. The van der Waals surface area contributed by atoms with Gasteiger partial charge in [-0.25, -0.2) is 0 Å². The molecule has 0 amide bonds. The first-order chi connectivity index (χ1) is 7.11. The fourth-order valence-corrected chi connectivity index (χ4v) is 1.96. The van der Waals surface area contributed by atoms with Crippen LogP contribution < -0.4 is 5.73 Å². The van der Waals surface area contributed by atoms with E-state index in [1.54, 1.807) is 0 Å². The van der Waals surface area contributed by atoms with Crippen LogP contribution in [-0.2, 0) is 6.54 Å². The topological polar surface area (TPSA) is 39.2 Å². The zero-order valence-corrected chi connectivity index (χ0v) is 9.64. The lowest BCUT2D eigenvalue weighted by Crippen LogP contribution is -1.92. The van der Waals surface area contributed by atoms with E-state index in [1.165, 1.54) is 0 Å². The van der Waals surface area contributed by atoms with Gasteiger partial charge in [-0.05, 0) is 29.7 Å². The molecule has 0 saturated carbocycles. The molecule has 0 bridgehead atoms. The van der Waals surface area contributed by atoms with Crippen LogP contribution in [0.1, 0.15) is 31.1 Å². The van der Waals surface area contributed by atoms with Gasteiger partial charge in [0.05, 0.1) is 6.54 Å². The molecule has 0 radical (unpaired) electrons. The molecule has 15 heavy (non-hydrogen) atoms. The summed E-state index contributed by atoms with van der Waals surface area (Å²) in [5.41, 5.74) is 7.60. The summed E-state index contributed by atoms with van der Waals surface area (Å²) in [4.78, 5) is 0. The zero-order valence-electron chi connectivity index (χ0n) is 8.88. The van der Waals surface area contributed by atoms with Crippen LogP contribution in [0.5, 0.6) is 0 Å². The maximum atomic E-state index is 6.05. The second-order valence-corrected chi connectivity index (χ2v) is 4.42. The highest BCUT2D eigenvalue weighted by Crippen LogP contribution is 2.31. The smallest absolute Gasteiger partial charge is 0.137 e. The number of nitrogens with two attached hydrogens (primary N) is 1. The largest absolute Gasteiger partial charge is 0.459 e. The molecule has 0 aliphatic rings. The van der Waals surface area contributed by atoms with Crippen LogP contribution in [0.3, 0.4) is 0 Å². The summed E-state index contributed by atoms with van der Waals surface area (Å²) in [5, 5.41) is 1.78. The first-order valence-electron chi connectivity index (χ1n) is 5.03. The van der Waals surface area contributed by atoms with Gasteiger partial charge < -0.3 is 10.2 Å². The average molecular weight is 224 g/mol. The summed E-state index contributed by atoms with van der Waals surface area (Å²) < 4.78 is 5.68. The minimum atomic E-state index is 0.392. The van der Waals surface area contributed by atoms with E-state index in [0.29, 0.717) is 12.5 Å². The van der Waals surface area contributed by atoms with E-state index in [1.807, 2.05) is 18.2 Å². The summed E-state index contributed by atoms with van der Waals surface area (Å²) in [5.74, 6) is 1.19. The van der Waals surface area contributed by atoms with Gasteiger partial charge in [0.15, 0.2) is 0 Å². The third kappa shape index (κ3) is 1.87. The van der Waals surface area contributed by atoms with Crippen LogP contribution in [-0.4, -0.2) is 0 Å². The van der Waals surface area contributed by atoms with Gasteiger partial charge in [-0.2, -0.15) is 0 Å². The van der Waals surface area contributed by atoms with E-state index in [4.69, 9.17) is 21.8 Å². The zero-order chi connectivity index (χ0) is 11.0. The molecule has 2 aromatic rings. The van der Waals surface area contributed by atoms with Crippen LogP contribution in [0.4, 0.5) is 0 Å². The molecule has 1 heterocycles. The van der Waals surface area contributed by atoms with Crippen molar-refractivity contribution in [2.45, 2.75) is 26.3 Å². The van der Waals surface area contributed by atoms with Gasteiger partial charge >= 0.3 is 0 Å². The molecule has 0 saturated heterocycles. The van der Waals surface area contributed by atoms with Crippen LogP contribution in [0.15, 0.2) is 22.6 Å². The second kappa shape index (κ2) is 3.87. The highest BCUT2D eigenvalue weighted by Gasteiger charge is 2.11. The van der Waals surface area contributed by atoms with Crippen LogP contribution in [0, 0.1) is 0 Å². The Labute approximate surface area is 94.0 Å². The van der Waals surface area contributed by atoms with Gasteiger partial charge in [-0.3, -0.25) is 0 Å². The number of benzene rings is 1. The van der Waals surface area contributed by atoms with Gasteiger partial charge in [0.1, 0.15) is 11.3 Å². The monoisotopic (exact) mass is 223 g/mol. The summed E-state index contributed by atoms with van der Waals surface area (Å²) in [7, 11) is 0. The first kappa shape index (κ1) is 10.5. The molecule has 0 aliphatic heterocycles. The number of rotatable bonds is 2. The van der Waals surface area contributed by atoms with E-state index in [9.17, 15) is 0 Å². The van der Waals surface area contributed by atoms with Crippen molar-refractivity contribution in [3.63, 3.8) is 0 Å². The predicted octanol–water partition coefficient (Wildman–Crippen LogP) is 3.67. The molecule has 0 fully saturated rings. The van der Waals surface area contributed by atoms with Gasteiger partial charge in [-0.1, -0.05) is 25.4 Å². The molecule has 1 aromatic carbocycles. The highest BCUT2D eigenvalue weighted by molar-refractivity contribution is 6.31. The molecule has 0 atom stereocenters. The van der Waals surface area contributed by atoms with Gasteiger partial charge in [-0.15, -0.1) is 0 Å². The van der Waals surface area contributed by atoms with Gasteiger partial charge in [0, 0.05) is 10.4 Å². The minimum Gasteiger partial charge on any atom is -0.459 e. The number of furan rings is 1. The molecule has 2 nitrogen and oxygen atoms in total. The lowest BCUT2D eigenvalue weighted by atomic mass is 10.0. The molecule has 3 heteroatoms. The fourth-order valence-electron chi connectivity index (χ4n) is 1.73. The summed E-state index contributed by atoms with van der Waals surface area (Å²) in [6.45, 7) is 4.66. The molecule has 2 N–H and O–H groups in total. The highest BCUT2D eigenvalue weighted by atomic mass is 35.5. The van der Waals surface area contributed by atoms with Crippen molar-refractivity contribution in [3.05, 3.63) is 34.5 Å². The van der Waals surface area contributed by atoms with Crippen LogP contribution >= 0.6 is 11.6 Å². The van der Waals surface area contributed by atoms with Crippen LogP contribution in [0.2, 0.25) is 5.02 Å². The summed E-state index contributed by atoms with van der Waals surface area (Å²) in [6, 6.07) is 5.82. The quantitative estimate of drug-likeness (QED) is 0.844. The maximum absolute atomic E-state index is 6.05. The van der Waals surface area contributed by atoms with Crippen molar-refractivity contribution in [3.8, 4) is 0 Å². The Morgan fingerprint density at radius 2 is 2.07 bits per heavy atom. The Bertz CT molecular complexity index is 488. The third-order valence-corrected chi connectivity index (χ3v) is 2.70. The van der Waals surface area contributed by atoms with Gasteiger partial charge in [0.25, 0.3) is 0 Å². The molecular weight excluding hydrogens is 210 g/mol. The van der Waals surface area contributed by atoms with Crippen molar-refractivity contribution >= 4 is 22.6 Å². The molecule has 80 valence electrons. The fraction of sp³-hybridized carbons (Fsp3) is 0.333. The van der Waals surface area contributed by atoms with E-state index in [0.717, 1.165) is 27.3 Å². The van der Waals surface area contributed by atoms with Crippen molar-refractivity contribution < 1.29 is 4.42 Å². The number of halogens is 1. The summed E-state index contributed by atoms with van der Waals surface area (Å²) >= 11 is 6.05. The van der Waals surface area contributed by atoms with E-state index in [-0.39, 0.29) is 0 Å². The van der Waals surface area contributed by atoms with Crippen molar-refractivity contribution in [2.75, 3.05) is 0 Å². The Hall–Kier alpha value is -0.990. The van der Waals surface area contributed by atoms with Gasteiger partial charge in [0.2, 0.25) is 0 Å².